The first-order chi connectivity index (χ1) is 14.0. The molecule has 2 amide bonds. The Hall–Kier alpha value is -3.29. The number of halogens is 1. The molecule has 0 spiro atoms. The van der Waals surface area contributed by atoms with Crippen LogP contribution in [0.5, 0.6) is 0 Å². The van der Waals surface area contributed by atoms with Crippen molar-refractivity contribution in [1.82, 2.24) is 0 Å². The normalized spacial score (nSPS) is 21.2. The van der Waals surface area contributed by atoms with Gasteiger partial charge in [0.1, 0.15) is 11.5 Å². The van der Waals surface area contributed by atoms with E-state index in [0.29, 0.717) is 12.8 Å². The van der Waals surface area contributed by atoms with Crippen LogP contribution in [-0.2, 0) is 16.1 Å². The van der Waals surface area contributed by atoms with Crippen molar-refractivity contribution in [2.45, 2.75) is 32.2 Å². The van der Waals surface area contributed by atoms with Crippen LogP contribution in [0.4, 0.5) is 21.5 Å². The lowest BCUT2D eigenvalue weighted by Crippen LogP contribution is -2.30. The minimum atomic E-state index is -0.547. The van der Waals surface area contributed by atoms with Crippen LogP contribution < -0.4 is 10.2 Å². The monoisotopic (exact) mass is 397 g/mol. The molecule has 2 aromatic carbocycles. The number of nitrogens with one attached hydrogen (secondary N) is 1. The molecule has 1 heterocycles. The molecule has 0 aromatic heterocycles. The van der Waals surface area contributed by atoms with Gasteiger partial charge in [-0.2, -0.15) is 0 Å². The summed E-state index contributed by atoms with van der Waals surface area (Å²) in [5, 5.41) is 14.6. The van der Waals surface area contributed by atoms with E-state index < -0.39 is 4.92 Å². The van der Waals surface area contributed by atoms with Gasteiger partial charge in [-0.05, 0) is 42.7 Å². The second-order valence-corrected chi connectivity index (χ2v) is 7.45. The fraction of sp³-hybridized carbons (Fsp3) is 0.333. The van der Waals surface area contributed by atoms with Gasteiger partial charge in [-0.15, -0.1) is 0 Å². The predicted octanol–water partition coefficient (Wildman–Crippen LogP) is 4.03. The molecule has 1 N–H and O–H groups in total. The number of carbonyl (C=O) groups excluding carboxylic acids is 2. The number of imide groups is 1. The van der Waals surface area contributed by atoms with Gasteiger partial charge >= 0.3 is 0 Å². The van der Waals surface area contributed by atoms with Crippen LogP contribution in [0.25, 0.3) is 0 Å². The van der Waals surface area contributed by atoms with E-state index in [1.807, 2.05) is 0 Å². The quantitative estimate of drug-likeness (QED) is 0.467. The number of nitro groups is 1. The second kappa shape index (κ2) is 7.62. The van der Waals surface area contributed by atoms with Crippen LogP contribution in [0.15, 0.2) is 42.5 Å². The number of amides is 2. The summed E-state index contributed by atoms with van der Waals surface area (Å²) < 4.78 is 13.0. The molecule has 1 saturated heterocycles. The minimum Gasteiger partial charge on any atom is -0.375 e. The van der Waals surface area contributed by atoms with Crippen molar-refractivity contribution in [2.75, 3.05) is 10.2 Å². The molecule has 0 radical (unpaired) electrons. The molecule has 2 fully saturated rings. The van der Waals surface area contributed by atoms with E-state index in [1.165, 1.54) is 24.3 Å². The summed E-state index contributed by atoms with van der Waals surface area (Å²) in [7, 11) is 0. The molecular weight excluding hydrogens is 377 g/mol. The van der Waals surface area contributed by atoms with E-state index >= 15 is 0 Å². The van der Waals surface area contributed by atoms with Crippen molar-refractivity contribution in [1.29, 1.82) is 0 Å². The number of nitrogens with zero attached hydrogens (tertiary/aromatic N) is 2. The fourth-order valence-corrected chi connectivity index (χ4v) is 4.18. The predicted molar refractivity (Wildman–Crippen MR) is 105 cm³/mol. The van der Waals surface area contributed by atoms with E-state index in [4.69, 9.17) is 0 Å². The third kappa shape index (κ3) is 3.57. The van der Waals surface area contributed by atoms with Crippen molar-refractivity contribution in [3.63, 3.8) is 0 Å². The Kier molecular flexibility index (Phi) is 5.00. The summed E-state index contributed by atoms with van der Waals surface area (Å²) in [6, 6.07) is 10.1. The average Bonchev–Trinajstić information content (AvgIpc) is 2.98. The first kappa shape index (κ1) is 19.0. The van der Waals surface area contributed by atoms with Gasteiger partial charge < -0.3 is 5.32 Å². The summed E-state index contributed by atoms with van der Waals surface area (Å²) in [6.45, 7) is 0.270. The van der Waals surface area contributed by atoms with Crippen LogP contribution in [0, 0.1) is 27.8 Å². The van der Waals surface area contributed by atoms with Crippen LogP contribution >= 0.6 is 0 Å². The lowest BCUT2D eigenvalue weighted by Gasteiger charge is -2.19. The van der Waals surface area contributed by atoms with Gasteiger partial charge in [0.15, 0.2) is 0 Å². The summed E-state index contributed by atoms with van der Waals surface area (Å²) in [4.78, 5) is 37.6. The second-order valence-electron chi connectivity index (χ2n) is 7.45. The van der Waals surface area contributed by atoms with E-state index in [1.54, 1.807) is 18.2 Å². The Bertz CT molecular complexity index is 952. The zero-order valence-corrected chi connectivity index (χ0v) is 15.6. The van der Waals surface area contributed by atoms with Gasteiger partial charge in [0.25, 0.3) is 5.69 Å². The molecule has 0 unspecified atom stereocenters. The maximum atomic E-state index is 13.0. The lowest BCUT2D eigenvalue weighted by molar-refractivity contribution is -0.383. The molecule has 2 atom stereocenters. The third-order valence-corrected chi connectivity index (χ3v) is 5.67. The number of fused-ring (bicyclic) bond motifs is 1. The molecular formula is C21H20FN3O4. The summed E-state index contributed by atoms with van der Waals surface area (Å²) in [5.74, 6) is -1.51. The maximum absolute atomic E-state index is 13.0. The van der Waals surface area contributed by atoms with E-state index in [9.17, 15) is 24.1 Å². The van der Waals surface area contributed by atoms with Crippen molar-refractivity contribution >= 4 is 28.9 Å². The third-order valence-electron chi connectivity index (χ3n) is 5.67. The van der Waals surface area contributed by atoms with E-state index in [2.05, 4.69) is 5.32 Å². The molecule has 29 heavy (non-hydrogen) atoms. The lowest BCUT2D eigenvalue weighted by atomic mass is 9.81. The van der Waals surface area contributed by atoms with Crippen LogP contribution in [0.3, 0.4) is 0 Å². The number of hydrogen-bond donors (Lipinski definition) is 1. The van der Waals surface area contributed by atoms with Gasteiger partial charge in [-0.1, -0.05) is 25.0 Å². The summed E-state index contributed by atoms with van der Waals surface area (Å²) >= 11 is 0. The number of benzene rings is 2. The fourth-order valence-electron chi connectivity index (χ4n) is 4.18. The first-order valence-electron chi connectivity index (χ1n) is 9.60. The Morgan fingerprint density at radius 2 is 1.66 bits per heavy atom. The Morgan fingerprint density at radius 3 is 2.24 bits per heavy atom. The van der Waals surface area contributed by atoms with Gasteiger partial charge in [0.2, 0.25) is 11.8 Å². The average molecular weight is 397 g/mol. The van der Waals surface area contributed by atoms with Gasteiger partial charge in [-0.3, -0.25) is 19.7 Å². The SMILES string of the molecule is O=C1[C@H]2CCCC[C@@H]2C(=O)N1c1ccc(NCc2ccc(F)cc2)c([N+](=O)[O-])c1. The molecule has 2 aromatic rings. The standard InChI is InChI=1S/C21H20FN3O4/c22-14-7-5-13(6-8-14)12-23-18-10-9-15(11-19(18)25(28)29)24-20(26)16-3-1-2-4-17(16)21(24)27/h5-11,16-17,23H,1-4,12H2/t16-,17-/m0/s1. The topological polar surface area (TPSA) is 92.6 Å². The largest absolute Gasteiger partial charge is 0.375 e. The Morgan fingerprint density at radius 1 is 1.03 bits per heavy atom. The highest BCUT2D eigenvalue weighted by Crippen LogP contribution is 2.41. The molecule has 0 bridgehead atoms. The van der Waals surface area contributed by atoms with Crippen molar-refractivity contribution in [2.24, 2.45) is 11.8 Å². The summed E-state index contributed by atoms with van der Waals surface area (Å²) in [5.41, 5.74) is 1.03. The van der Waals surface area contributed by atoms with E-state index in [0.717, 1.165) is 23.3 Å². The molecule has 2 aliphatic rings. The smallest absolute Gasteiger partial charge is 0.294 e. The van der Waals surface area contributed by atoms with E-state index in [-0.39, 0.29) is 53.1 Å². The number of nitro benzene ring substituents is 1. The zero-order valence-electron chi connectivity index (χ0n) is 15.6. The molecule has 1 saturated carbocycles. The Balaban J connectivity index is 1.59. The first-order valence-corrected chi connectivity index (χ1v) is 9.60. The van der Waals surface area contributed by atoms with Gasteiger partial charge in [-0.25, -0.2) is 9.29 Å². The van der Waals surface area contributed by atoms with Crippen molar-refractivity contribution < 1.29 is 18.9 Å². The molecule has 1 aliphatic heterocycles. The number of hydrogen-bond acceptors (Lipinski definition) is 5. The highest BCUT2D eigenvalue weighted by Gasteiger charge is 2.49. The summed E-state index contributed by atoms with van der Waals surface area (Å²) in [6.07, 6.45) is 3.21. The van der Waals surface area contributed by atoms with Gasteiger partial charge in [0, 0.05) is 12.6 Å². The molecule has 150 valence electrons. The van der Waals surface area contributed by atoms with Crippen molar-refractivity contribution in [3.05, 3.63) is 64.0 Å². The number of carbonyl (C=O) groups is 2. The van der Waals surface area contributed by atoms with Crippen LogP contribution in [-0.4, -0.2) is 16.7 Å². The maximum Gasteiger partial charge on any atom is 0.294 e. The zero-order chi connectivity index (χ0) is 20.5. The number of anilines is 2. The minimum absolute atomic E-state index is 0.222. The number of rotatable bonds is 5. The molecule has 4 rings (SSSR count). The highest BCUT2D eigenvalue weighted by molar-refractivity contribution is 6.22. The Labute approximate surface area is 166 Å². The van der Waals surface area contributed by atoms with Crippen LogP contribution in [0.1, 0.15) is 31.2 Å². The molecule has 8 heteroatoms. The van der Waals surface area contributed by atoms with Crippen LogP contribution in [0.2, 0.25) is 0 Å². The molecule has 7 nitrogen and oxygen atoms in total. The highest BCUT2D eigenvalue weighted by atomic mass is 19.1. The van der Waals surface area contributed by atoms with Gasteiger partial charge in [0.05, 0.1) is 22.4 Å². The molecule has 1 aliphatic carbocycles. The van der Waals surface area contributed by atoms with Crippen molar-refractivity contribution in [3.8, 4) is 0 Å².